The minimum Gasteiger partial charge on any atom is -0.254 e. The van der Waals surface area contributed by atoms with Crippen molar-refractivity contribution in [3.63, 3.8) is 0 Å². The highest BCUT2D eigenvalue weighted by molar-refractivity contribution is 9.10. The second kappa shape index (κ2) is 5.61. The second-order valence-electron chi connectivity index (χ2n) is 3.80. The normalized spacial score (nSPS) is 14.2. The van der Waals surface area contributed by atoms with E-state index in [1.807, 2.05) is 61.5 Å². The number of halogens is 1. The standard InChI is InChI=1S/C14H13BrOS/c1-11(12-7-9-13(15)10-8-12)17(16)14-5-3-2-4-6-14/h2-11H,1H3/t11-,17+/m1/s1. The maximum Gasteiger partial charge on any atom is 0.0615 e. The topological polar surface area (TPSA) is 17.1 Å². The lowest BCUT2D eigenvalue weighted by Gasteiger charge is -2.11. The fourth-order valence-corrected chi connectivity index (χ4v) is 3.12. The van der Waals surface area contributed by atoms with Crippen LogP contribution in [0.4, 0.5) is 0 Å². The van der Waals surface area contributed by atoms with Crippen LogP contribution in [0.25, 0.3) is 0 Å². The van der Waals surface area contributed by atoms with E-state index in [0.29, 0.717) is 0 Å². The summed E-state index contributed by atoms with van der Waals surface area (Å²) in [4.78, 5) is 0.878. The zero-order valence-electron chi connectivity index (χ0n) is 9.47. The van der Waals surface area contributed by atoms with Gasteiger partial charge in [-0.15, -0.1) is 0 Å². The van der Waals surface area contributed by atoms with Crippen molar-refractivity contribution in [1.29, 1.82) is 0 Å². The maximum atomic E-state index is 12.3. The van der Waals surface area contributed by atoms with E-state index in [9.17, 15) is 4.21 Å². The van der Waals surface area contributed by atoms with Crippen molar-refractivity contribution in [2.24, 2.45) is 0 Å². The molecule has 0 aliphatic carbocycles. The quantitative estimate of drug-likeness (QED) is 0.825. The number of hydrogen-bond acceptors (Lipinski definition) is 1. The summed E-state index contributed by atoms with van der Waals surface area (Å²) >= 11 is 3.40. The van der Waals surface area contributed by atoms with Crippen LogP contribution in [0.1, 0.15) is 17.7 Å². The van der Waals surface area contributed by atoms with Gasteiger partial charge in [0, 0.05) is 9.37 Å². The molecule has 0 amide bonds. The summed E-state index contributed by atoms with van der Waals surface area (Å²) in [6.45, 7) is 1.99. The van der Waals surface area contributed by atoms with Crippen molar-refractivity contribution in [1.82, 2.24) is 0 Å². The van der Waals surface area contributed by atoms with Crippen molar-refractivity contribution in [2.45, 2.75) is 17.1 Å². The highest BCUT2D eigenvalue weighted by Gasteiger charge is 2.14. The molecule has 0 saturated heterocycles. The van der Waals surface area contributed by atoms with Gasteiger partial charge in [0.2, 0.25) is 0 Å². The fourth-order valence-electron chi connectivity index (χ4n) is 1.62. The molecule has 0 unspecified atom stereocenters. The molecule has 0 spiro atoms. The summed E-state index contributed by atoms with van der Waals surface area (Å²) in [7, 11) is -1.00. The van der Waals surface area contributed by atoms with E-state index in [-0.39, 0.29) is 5.25 Å². The van der Waals surface area contributed by atoms with Crippen LogP contribution in [-0.4, -0.2) is 4.21 Å². The maximum absolute atomic E-state index is 12.3. The smallest absolute Gasteiger partial charge is 0.0615 e. The second-order valence-corrected chi connectivity index (χ2v) is 6.49. The molecule has 2 atom stereocenters. The van der Waals surface area contributed by atoms with Crippen LogP contribution in [0, 0.1) is 0 Å². The molecule has 0 bridgehead atoms. The molecule has 0 saturated carbocycles. The Kier molecular flexibility index (Phi) is 4.13. The van der Waals surface area contributed by atoms with Gasteiger partial charge >= 0.3 is 0 Å². The lowest BCUT2D eigenvalue weighted by atomic mass is 10.2. The molecule has 0 N–H and O–H groups in total. The molecule has 17 heavy (non-hydrogen) atoms. The van der Waals surface area contributed by atoms with Crippen molar-refractivity contribution >= 4 is 26.7 Å². The van der Waals surface area contributed by atoms with Gasteiger partial charge in [-0.25, -0.2) is 0 Å². The molecule has 0 fully saturated rings. The Balaban J connectivity index is 2.23. The first-order chi connectivity index (χ1) is 8.18. The third-order valence-electron chi connectivity index (χ3n) is 2.64. The molecule has 88 valence electrons. The van der Waals surface area contributed by atoms with Crippen molar-refractivity contribution < 1.29 is 4.21 Å². The van der Waals surface area contributed by atoms with Gasteiger partial charge in [-0.05, 0) is 36.8 Å². The molecule has 2 aromatic rings. The predicted molar refractivity (Wildman–Crippen MR) is 75.4 cm³/mol. The van der Waals surface area contributed by atoms with Gasteiger partial charge < -0.3 is 0 Å². The molecule has 0 radical (unpaired) electrons. The first-order valence-corrected chi connectivity index (χ1v) is 7.40. The van der Waals surface area contributed by atoms with Crippen LogP contribution in [0.2, 0.25) is 0 Å². The van der Waals surface area contributed by atoms with Gasteiger partial charge in [-0.1, -0.05) is 46.3 Å². The van der Waals surface area contributed by atoms with Gasteiger partial charge in [0.05, 0.1) is 16.0 Å². The zero-order valence-corrected chi connectivity index (χ0v) is 11.9. The van der Waals surface area contributed by atoms with Crippen LogP contribution in [0.3, 0.4) is 0 Å². The van der Waals surface area contributed by atoms with Gasteiger partial charge in [-0.3, -0.25) is 4.21 Å². The summed E-state index contributed by atoms with van der Waals surface area (Å²) in [6, 6.07) is 17.6. The van der Waals surface area contributed by atoms with Crippen LogP contribution < -0.4 is 0 Å². The van der Waals surface area contributed by atoms with Gasteiger partial charge in [0.15, 0.2) is 0 Å². The molecule has 1 nitrogen and oxygen atoms in total. The first kappa shape index (κ1) is 12.5. The van der Waals surface area contributed by atoms with E-state index >= 15 is 0 Å². The minimum atomic E-state index is -1.00. The lowest BCUT2D eigenvalue weighted by Crippen LogP contribution is -2.02. The Bertz CT molecular complexity index is 508. The first-order valence-electron chi connectivity index (χ1n) is 5.39. The van der Waals surface area contributed by atoms with Crippen LogP contribution in [-0.2, 0) is 10.8 Å². The summed E-state index contributed by atoms with van der Waals surface area (Å²) in [5.74, 6) is 0. The monoisotopic (exact) mass is 308 g/mol. The van der Waals surface area contributed by atoms with Crippen LogP contribution in [0.15, 0.2) is 64.0 Å². The molecule has 0 heterocycles. The van der Waals surface area contributed by atoms with Gasteiger partial charge in [-0.2, -0.15) is 0 Å². The van der Waals surface area contributed by atoms with E-state index in [1.165, 1.54) is 0 Å². The molecule has 0 aliphatic rings. The largest absolute Gasteiger partial charge is 0.254 e. The molecular weight excluding hydrogens is 296 g/mol. The fraction of sp³-hybridized carbons (Fsp3) is 0.143. The highest BCUT2D eigenvalue weighted by Crippen LogP contribution is 2.25. The lowest BCUT2D eigenvalue weighted by molar-refractivity contribution is 0.676. The van der Waals surface area contributed by atoms with Gasteiger partial charge in [0.25, 0.3) is 0 Å². The summed E-state index contributed by atoms with van der Waals surface area (Å²) in [5.41, 5.74) is 1.09. The molecular formula is C14H13BrOS. The average Bonchev–Trinajstić information content (AvgIpc) is 2.39. The Hall–Kier alpha value is -0.930. The van der Waals surface area contributed by atoms with Crippen molar-refractivity contribution in [3.05, 3.63) is 64.6 Å². The SMILES string of the molecule is C[C@H](c1ccc(Br)cc1)[S@](=O)c1ccccc1. The minimum absolute atomic E-state index is 0.00509. The van der Waals surface area contributed by atoms with Crippen molar-refractivity contribution in [2.75, 3.05) is 0 Å². The van der Waals surface area contributed by atoms with E-state index in [0.717, 1.165) is 14.9 Å². The highest BCUT2D eigenvalue weighted by atomic mass is 79.9. The summed E-state index contributed by atoms with van der Waals surface area (Å²) in [6.07, 6.45) is 0. The van der Waals surface area contributed by atoms with Crippen molar-refractivity contribution in [3.8, 4) is 0 Å². The van der Waals surface area contributed by atoms with Crippen LogP contribution >= 0.6 is 15.9 Å². The summed E-state index contributed by atoms with van der Waals surface area (Å²) < 4.78 is 13.4. The van der Waals surface area contributed by atoms with Crippen LogP contribution in [0.5, 0.6) is 0 Å². The third-order valence-corrected chi connectivity index (χ3v) is 4.82. The average molecular weight is 309 g/mol. The third kappa shape index (κ3) is 3.05. The molecule has 0 aliphatic heterocycles. The molecule has 2 rings (SSSR count). The van der Waals surface area contributed by atoms with E-state index in [2.05, 4.69) is 15.9 Å². The van der Waals surface area contributed by atoms with E-state index in [1.54, 1.807) is 0 Å². The number of rotatable bonds is 3. The van der Waals surface area contributed by atoms with E-state index in [4.69, 9.17) is 0 Å². The molecule has 3 heteroatoms. The zero-order chi connectivity index (χ0) is 12.3. The molecule has 2 aromatic carbocycles. The van der Waals surface area contributed by atoms with E-state index < -0.39 is 10.8 Å². The predicted octanol–water partition coefficient (Wildman–Crippen LogP) is 4.32. The molecule has 0 aromatic heterocycles. The Morgan fingerprint density at radius 3 is 2.18 bits per heavy atom. The Morgan fingerprint density at radius 1 is 1.00 bits per heavy atom. The van der Waals surface area contributed by atoms with Gasteiger partial charge in [0.1, 0.15) is 0 Å². The Morgan fingerprint density at radius 2 is 1.59 bits per heavy atom. The number of benzene rings is 2. The Labute approximate surface area is 112 Å². The summed E-state index contributed by atoms with van der Waals surface area (Å²) in [5, 5.41) is 0.00509. The number of hydrogen-bond donors (Lipinski definition) is 0.